The lowest BCUT2D eigenvalue weighted by molar-refractivity contribution is -0.382. The first-order valence-corrected chi connectivity index (χ1v) is 4.71. The minimum Gasteiger partial charge on any atom is -0.478 e. The number of benzene rings is 2. The van der Waals surface area contributed by atoms with Crippen LogP contribution in [0.25, 0.3) is 10.8 Å². The molecular formula is C11H8N2O4. The molecule has 0 bridgehead atoms. The predicted octanol–water partition coefficient (Wildman–Crippen LogP) is 2.03. The van der Waals surface area contributed by atoms with Crippen molar-refractivity contribution in [2.75, 3.05) is 5.73 Å². The Kier molecular flexibility index (Phi) is 2.40. The van der Waals surface area contributed by atoms with Crippen molar-refractivity contribution in [1.82, 2.24) is 0 Å². The van der Waals surface area contributed by atoms with Crippen LogP contribution >= 0.6 is 0 Å². The average molecular weight is 232 g/mol. The van der Waals surface area contributed by atoms with E-state index in [1.165, 1.54) is 12.1 Å². The highest BCUT2D eigenvalue weighted by Crippen LogP contribution is 2.34. The monoisotopic (exact) mass is 232 g/mol. The van der Waals surface area contributed by atoms with Gasteiger partial charge in [-0.3, -0.25) is 10.1 Å². The molecule has 0 atom stereocenters. The SMILES string of the molecule is Nc1c(C(=O)O)cc2ccccc2c1[N+](=O)[O-]. The van der Waals surface area contributed by atoms with E-state index in [-0.39, 0.29) is 16.9 Å². The lowest BCUT2D eigenvalue weighted by Gasteiger charge is -2.05. The Bertz CT molecular complexity index is 637. The van der Waals surface area contributed by atoms with E-state index < -0.39 is 10.9 Å². The van der Waals surface area contributed by atoms with E-state index in [2.05, 4.69) is 0 Å². The molecule has 0 radical (unpaired) electrons. The fourth-order valence-corrected chi connectivity index (χ4v) is 1.72. The van der Waals surface area contributed by atoms with E-state index >= 15 is 0 Å². The van der Waals surface area contributed by atoms with Gasteiger partial charge in [-0.25, -0.2) is 4.79 Å². The number of nitro groups is 1. The smallest absolute Gasteiger partial charge is 0.338 e. The van der Waals surface area contributed by atoms with Gasteiger partial charge in [-0.1, -0.05) is 18.2 Å². The van der Waals surface area contributed by atoms with Gasteiger partial charge in [-0.2, -0.15) is 0 Å². The second-order valence-corrected chi connectivity index (χ2v) is 3.47. The highest BCUT2D eigenvalue weighted by molar-refractivity contribution is 6.06. The average Bonchev–Trinajstić information content (AvgIpc) is 2.27. The minimum atomic E-state index is -1.28. The predicted molar refractivity (Wildman–Crippen MR) is 62.0 cm³/mol. The number of aromatic carboxylic acids is 1. The van der Waals surface area contributed by atoms with Gasteiger partial charge < -0.3 is 10.8 Å². The van der Waals surface area contributed by atoms with Gasteiger partial charge >= 0.3 is 11.7 Å². The number of fused-ring (bicyclic) bond motifs is 1. The van der Waals surface area contributed by atoms with Crippen LogP contribution in [0.4, 0.5) is 11.4 Å². The first kappa shape index (κ1) is 10.9. The van der Waals surface area contributed by atoms with Crippen LogP contribution < -0.4 is 5.73 Å². The Hall–Kier alpha value is -2.63. The number of hydrogen-bond acceptors (Lipinski definition) is 4. The molecule has 0 unspecified atom stereocenters. The number of rotatable bonds is 2. The Morgan fingerprint density at radius 2 is 2.00 bits per heavy atom. The van der Waals surface area contributed by atoms with Gasteiger partial charge in [0.2, 0.25) is 0 Å². The lowest BCUT2D eigenvalue weighted by Crippen LogP contribution is -2.06. The Morgan fingerprint density at radius 3 is 2.59 bits per heavy atom. The molecule has 0 aliphatic carbocycles. The summed E-state index contributed by atoms with van der Waals surface area (Å²) in [5, 5.41) is 20.7. The summed E-state index contributed by atoms with van der Waals surface area (Å²) < 4.78 is 0. The molecule has 0 saturated heterocycles. The van der Waals surface area contributed by atoms with E-state index in [1.807, 2.05) is 0 Å². The molecule has 17 heavy (non-hydrogen) atoms. The van der Waals surface area contributed by atoms with Gasteiger partial charge in [0.25, 0.3) is 0 Å². The van der Waals surface area contributed by atoms with Crippen molar-refractivity contribution >= 4 is 28.1 Å². The third-order valence-electron chi connectivity index (χ3n) is 2.47. The van der Waals surface area contributed by atoms with Gasteiger partial charge in [0.15, 0.2) is 0 Å². The summed E-state index contributed by atoms with van der Waals surface area (Å²) in [6, 6.07) is 7.78. The summed E-state index contributed by atoms with van der Waals surface area (Å²) >= 11 is 0. The van der Waals surface area contributed by atoms with Crippen molar-refractivity contribution in [3.05, 3.63) is 46.0 Å². The zero-order chi connectivity index (χ0) is 12.6. The molecule has 2 aromatic carbocycles. The third kappa shape index (κ3) is 1.65. The largest absolute Gasteiger partial charge is 0.478 e. The second-order valence-electron chi connectivity index (χ2n) is 3.47. The molecule has 0 amide bonds. The van der Waals surface area contributed by atoms with Crippen molar-refractivity contribution < 1.29 is 14.8 Å². The summed E-state index contributed by atoms with van der Waals surface area (Å²) in [7, 11) is 0. The highest BCUT2D eigenvalue weighted by atomic mass is 16.6. The zero-order valence-electron chi connectivity index (χ0n) is 8.58. The number of nitrogens with two attached hydrogens (primary N) is 1. The topological polar surface area (TPSA) is 106 Å². The number of carboxylic acids is 1. The molecule has 0 aliphatic rings. The molecular weight excluding hydrogens is 224 g/mol. The van der Waals surface area contributed by atoms with Crippen LogP contribution in [0.3, 0.4) is 0 Å². The fraction of sp³-hybridized carbons (Fsp3) is 0. The lowest BCUT2D eigenvalue weighted by atomic mass is 10.0. The van der Waals surface area contributed by atoms with Crippen LogP contribution in [0.15, 0.2) is 30.3 Å². The van der Waals surface area contributed by atoms with E-state index in [9.17, 15) is 14.9 Å². The molecule has 0 heterocycles. The van der Waals surface area contributed by atoms with Crippen LogP contribution in [-0.4, -0.2) is 16.0 Å². The molecule has 0 fully saturated rings. The molecule has 0 aliphatic heterocycles. The third-order valence-corrected chi connectivity index (χ3v) is 2.47. The van der Waals surface area contributed by atoms with Crippen molar-refractivity contribution in [3.63, 3.8) is 0 Å². The quantitative estimate of drug-likeness (QED) is 0.468. The van der Waals surface area contributed by atoms with Crippen molar-refractivity contribution in [2.24, 2.45) is 0 Å². The van der Waals surface area contributed by atoms with Gasteiger partial charge in [-0.05, 0) is 17.5 Å². The van der Waals surface area contributed by atoms with Crippen LogP contribution in [-0.2, 0) is 0 Å². The zero-order valence-corrected chi connectivity index (χ0v) is 8.58. The van der Waals surface area contributed by atoms with E-state index in [0.29, 0.717) is 10.8 Å². The maximum absolute atomic E-state index is 10.9. The standard InChI is InChI=1S/C11H8N2O4/c12-9-8(11(14)15)5-6-3-1-2-4-7(6)10(9)13(16)17/h1-5H,12H2,(H,14,15). The van der Waals surface area contributed by atoms with Crippen LogP contribution in [0, 0.1) is 10.1 Å². The highest BCUT2D eigenvalue weighted by Gasteiger charge is 2.23. The summed E-state index contributed by atoms with van der Waals surface area (Å²) in [6.07, 6.45) is 0. The van der Waals surface area contributed by atoms with Crippen molar-refractivity contribution in [1.29, 1.82) is 0 Å². The molecule has 3 N–H and O–H groups in total. The van der Waals surface area contributed by atoms with Crippen LogP contribution in [0.2, 0.25) is 0 Å². The number of carboxylic acid groups (broad SMARTS) is 1. The molecule has 0 aromatic heterocycles. The number of carbonyl (C=O) groups is 1. The molecule has 2 rings (SSSR count). The molecule has 0 spiro atoms. The van der Waals surface area contributed by atoms with E-state index in [4.69, 9.17) is 10.8 Å². The normalized spacial score (nSPS) is 10.4. The van der Waals surface area contributed by atoms with Crippen LogP contribution in [0.5, 0.6) is 0 Å². The van der Waals surface area contributed by atoms with Gasteiger partial charge in [0.05, 0.1) is 15.9 Å². The number of nitro benzene ring substituents is 1. The molecule has 86 valence electrons. The van der Waals surface area contributed by atoms with Crippen LogP contribution in [0.1, 0.15) is 10.4 Å². The van der Waals surface area contributed by atoms with E-state index in [1.54, 1.807) is 18.2 Å². The number of anilines is 1. The van der Waals surface area contributed by atoms with Crippen molar-refractivity contribution in [3.8, 4) is 0 Å². The molecule has 2 aromatic rings. The Labute approximate surface area is 95.4 Å². The summed E-state index contributed by atoms with van der Waals surface area (Å²) in [5.41, 5.74) is 4.60. The maximum Gasteiger partial charge on any atom is 0.338 e. The van der Waals surface area contributed by atoms with Gasteiger partial charge in [-0.15, -0.1) is 0 Å². The van der Waals surface area contributed by atoms with E-state index in [0.717, 1.165) is 0 Å². The number of nitrogen functional groups attached to an aromatic ring is 1. The number of hydrogen-bond donors (Lipinski definition) is 2. The summed E-state index contributed by atoms with van der Waals surface area (Å²) in [5.74, 6) is -1.28. The minimum absolute atomic E-state index is 0.254. The summed E-state index contributed by atoms with van der Waals surface area (Å²) in [6.45, 7) is 0. The Morgan fingerprint density at radius 1 is 1.35 bits per heavy atom. The Balaban J connectivity index is 2.95. The fourth-order valence-electron chi connectivity index (χ4n) is 1.72. The maximum atomic E-state index is 10.9. The molecule has 0 saturated carbocycles. The first-order valence-electron chi connectivity index (χ1n) is 4.71. The van der Waals surface area contributed by atoms with Gasteiger partial charge in [0, 0.05) is 0 Å². The van der Waals surface area contributed by atoms with Crippen molar-refractivity contribution in [2.45, 2.75) is 0 Å². The second kappa shape index (κ2) is 3.75. The first-order chi connectivity index (χ1) is 8.02. The molecule has 6 nitrogen and oxygen atoms in total. The van der Waals surface area contributed by atoms with Gasteiger partial charge in [0.1, 0.15) is 5.69 Å². The molecule has 6 heteroatoms. The summed E-state index contributed by atoms with van der Waals surface area (Å²) in [4.78, 5) is 21.2. The number of nitrogens with zero attached hydrogens (tertiary/aromatic N) is 1.